The minimum atomic E-state index is -0.719. The molecule has 3 aromatic heterocycles. The van der Waals surface area contributed by atoms with Crippen molar-refractivity contribution in [2.75, 3.05) is 0 Å². The Morgan fingerprint density at radius 3 is 1.35 bits per heavy atom. The van der Waals surface area contributed by atoms with Crippen molar-refractivity contribution in [2.45, 2.75) is 0 Å². The number of hydrogen-bond donors (Lipinski definition) is 0. The molecule has 3 heteroatoms. The zero-order valence-electron chi connectivity index (χ0n) is 43.0. The van der Waals surface area contributed by atoms with E-state index < -0.39 is 101 Å². The fourth-order valence-corrected chi connectivity index (χ4v) is 8.61. The molecule has 57 heavy (non-hydrogen) atoms. The standard InChI is InChI=1S/C54H35N3/c1-3-17-36(18-4-1)38-33-39(37-19-5-2-6-20-37)35-40(34-38)55-49-29-14-10-24-45(49)53-50(55)30-16-31-51(53)57-48-28-13-9-23-43(48)44-25-15-32-52(54(44)57)56-46-26-11-7-21-41(46)42-22-8-12-27-47(42)56/h1-35H/i1D,2D,3D,4D,5D,6D,17D,18D,19D,20D,33D,34D,35D. The Labute approximate surface area is 347 Å². The lowest BCUT2D eigenvalue weighted by Crippen LogP contribution is -2.01. The molecule has 0 aliphatic heterocycles. The van der Waals surface area contributed by atoms with Crippen LogP contribution in [-0.2, 0) is 0 Å². The summed E-state index contributed by atoms with van der Waals surface area (Å²) in [5.41, 5.74) is 4.41. The molecule has 12 rings (SSSR count). The Balaban J connectivity index is 1.25. The van der Waals surface area contributed by atoms with Gasteiger partial charge in [0.15, 0.2) is 0 Å². The normalized spacial score (nSPS) is 15.1. The molecule has 3 heterocycles. The van der Waals surface area contributed by atoms with Gasteiger partial charge in [-0.25, -0.2) is 0 Å². The van der Waals surface area contributed by atoms with Crippen LogP contribution in [0.25, 0.3) is 105 Å². The maximum absolute atomic E-state index is 10.0. The largest absolute Gasteiger partial charge is 0.309 e. The number of para-hydroxylation sites is 5. The van der Waals surface area contributed by atoms with Crippen molar-refractivity contribution >= 4 is 65.4 Å². The third-order valence-electron chi connectivity index (χ3n) is 10.9. The van der Waals surface area contributed by atoms with Gasteiger partial charge in [-0.2, -0.15) is 0 Å². The summed E-state index contributed by atoms with van der Waals surface area (Å²) in [6, 6.07) is 35.3. The van der Waals surface area contributed by atoms with E-state index in [-0.39, 0.29) is 5.69 Å². The Morgan fingerprint density at radius 1 is 0.316 bits per heavy atom. The molecule has 0 N–H and O–H groups in total. The first-order valence-electron chi connectivity index (χ1n) is 25.1. The highest BCUT2D eigenvalue weighted by Crippen LogP contribution is 2.43. The topological polar surface area (TPSA) is 14.8 Å². The second-order valence-corrected chi connectivity index (χ2v) is 13.9. The lowest BCUT2D eigenvalue weighted by Gasteiger charge is -2.16. The van der Waals surface area contributed by atoms with Crippen LogP contribution in [0.1, 0.15) is 17.8 Å². The van der Waals surface area contributed by atoms with E-state index in [1.807, 2.05) is 72.8 Å². The average molecular weight is 739 g/mol. The summed E-state index contributed by atoms with van der Waals surface area (Å²) in [6.07, 6.45) is 0. The summed E-state index contributed by atoms with van der Waals surface area (Å²) in [5.74, 6) is 0. The molecule has 0 saturated carbocycles. The predicted molar refractivity (Wildman–Crippen MR) is 240 cm³/mol. The highest BCUT2D eigenvalue weighted by molar-refractivity contribution is 6.18. The second kappa shape index (κ2) is 12.5. The Hall–Kier alpha value is -7.62. The van der Waals surface area contributed by atoms with Gasteiger partial charge in [-0.05, 0) is 82.8 Å². The first-order chi connectivity index (χ1) is 33.7. The molecule has 12 aromatic rings. The van der Waals surface area contributed by atoms with Gasteiger partial charge in [-0.3, -0.25) is 0 Å². The van der Waals surface area contributed by atoms with Gasteiger partial charge >= 0.3 is 0 Å². The summed E-state index contributed by atoms with van der Waals surface area (Å²) in [6.45, 7) is 0. The molecule has 0 spiro atoms. The monoisotopic (exact) mass is 738 g/mol. The van der Waals surface area contributed by atoms with E-state index >= 15 is 0 Å². The fraction of sp³-hybridized carbons (Fsp3) is 0. The Bertz CT molecular complexity index is 4090. The van der Waals surface area contributed by atoms with E-state index in [1.54, 1.807) is 10.6 Å². The number of aromatic nitrogens is 3. The zero-order valence-corrected chi connectivity index (χ0v) is 30.0. The highest BCUT2D eigenvalue weighted by Gasteiger charge is 2.23. The van der Waals surface area contributed by atoms with Gasteiger partial charge in [0.05, 0.1) is 62.3 Å². The van der Waals surface area contributed by atoms with Crippen molar-refractivity contribution in [2.24, 2.45) is 0 Å². The average Bonchev–Trinajstić information content (AvgIpc) is 4.02. The van der Waals surface area contributed by atoms with Crippen LogP contribution in [0.5, 0.6) is 0 Å². The number of fused-ring (bicyclic) bond motifs is 9. The maximum atomic E-state index is 10.0. The number of hydrogen-bond acceptors (Lipinski definition) is 0. The van der Waals surface area contributed by atoms with Crippen LogP contribution in [0.15, 0.2) is 212 Å². The Kier molecular flexibility index (Phi) is 4.69. The highest BCUT2D eigenvalue weighted by atomic mass is 15.1. The molecule has 0 aliphatic rings. The molecule has 3 nitrogen and oxygen atoms in total. The van der Waals surface area contributed by atoms with Crippen molar-refractivity contribution < 1.29 is 17.8 Å². The van der Waals surface area contributed by atoms with Crippen LogP contribution in [0, 0.1) is 0 Å². The van der Waals surface area contributed by atoms with Crippen molar-refractivity contribution in [1.82, 2.24) is 13.7 Å². The predicted octanol–water partition coefficient (Wildman–Crippen LogP) is 14.3. The molecule has 0 radical (unpaired) electrons. The summed E-state index contributed by atoms with van der Waals surface area (Å²) in [7, 11) is 0. The molecule has 266 valence electrons. The van der Waals surface area contributed by atoms with Crippen LogP contribution >= 0.6 is 0 Å². The molecule has 0 fully saturated rings. The summed E-state index contributed by atoms with van der Waals surface area (Å²) in [4.78, 5) is 0. The molecule has 0 bridgehead atoms. The van der Waals surface area contributed by atoms with Gasteiger partial charge in [0.1, 0.15) is 0 Å². The van der Waals surface area contributed by atoms with Gasteiger partial charge < -0.3 is 13.7 Å². The smallest absolute Gasteiger partial charge is 0.0782 e. The lowest BCUT2D eigenvalue weighted by atomic mass is 9.98. The first kappa shape index (κ1) is 21.5. The van der Waals surface area contributed by atoms with Crippen LogP contribution < -0.4 is 0 Å². The van der Waals surface area contributed by atoms with Crippen molar-refractivity contribution in [1.29, 1.82) is 0 Å². The number of rotatable bonds is 5. The van der Waals surface area contributed by atoms with Gasteiger partial charge in [0.2, 0.25) is 0 Å². The summed E-state index contributed by atoms with van der Waals surface area (Å²) in [5, 5.41) is 5.61. The van der Waals surface area contributed by atoms with E-state index in [9.17, 15) is 4.11 Å². The van der Waals surface area contributed by atoms with Crippen LogP contribution in [0.3, 0.4) is 0 Å². The minimum absolute atomic E-state index is 0.198. The maximum Gasteiger partial charge on any atom is 0.0782 e. The summed E-state index contributed by atoms with van der Waals surface area (Å²) >= 11 is 0. The number of benzene rings is 9. The van der Waals surface area contributed by atoms with Crippen molar-refractivity contribution in [3.63, 3.8) is 0 Å². The van der Waals surface area contributed by atoms with Crippen LogP contribution in [0.2, 0.25) is 0 Å². The third-order valence-corrected chi connectivity index (χ3v) is 10.9. The van der Waals surface area contributed by atoms with Crippen LogP contribution in [-0.4, -0.2) is 13.7 Å². The molecule has 0 aliphatic carbocycles. The van der Waals surface area contributed by atoms with Gasteiger partial charge in [0, 0.05) is 38.0 Å². The van der Waals surface area contributed by atoms with Crippen molar-refractivity contribution in [3.05, 3.63) is 212 Å². The van der Waals surface area contributed by atoms with E-state index in [0.29, 0.717) is 21.8 Å². The molecule has 9 aromatic carbocycles. The number of nitrogens with zero attached hydrogens (tertiary/aromatic N) is 3. The SMILES string of the molecule is [2H]c1c([2H])c([2H])c(-c2c([2H])c(-c3c([2H])c([2H])c([2H])c([2H])c3[2H])c([2H])c(-n3c4ccccc4c4c(-n5c6ccccc6c6cccc(-n7c8ccccc8c8ccccc87)c65)cccc43)c2[2H])c([2H])c1[2H]. The molecular formula is C54H35N3. The molecule has 0 unspecified atom stereocenters. The lowest BCUT2D eigenvalue weighted by molar-refractivity contribution is 1.14. The second-order valence-electron chi connectivity index (χ2n) is 13.9. The zero-order chi connectivity index (χ0) is 48.8. The Morgan fingerprint density at radius 2 is 0.754 bits per heavy atom. The van der Waals surface area contributed by atoms with E-state index in [1.165, 1.54) is 0 Å². The fourth-order valence-electron chi connectivity index (χ4n) is 8.61. The quantitative estimate of drug-likeness (QED) is 0.167. The molecule has 0 atom stereocenters. The first-order valence-corrected chi connectivity index (χ1v) is 18.6. The van der Waals surface area contributed by atoms with Gasteiger partial charge in [0.25, 0.3) is 0 Å². The van der Waals surface area contributed by atoms with Crippen LogP contribution in [0.4, 0.5) is 0 Å². The van der Waals surface area contributed by atoms with Crippen molar-refractivity contribution in [3.8, 4) is 39.3 Å². The van der Waals surface area contributed by atoms with Gasteiger partial charge in [-0.15, -0.1) is 0 Å². The third kappa shape index (κ3) is 4.73. The van der Waals surface area contributed by atoms with Gasteiger partial charge in [-0.1, -0.05) is 151 Å². The van der Waals surface area contributed by atoms with E-state index in [2.05, 4.69) is 63.7 Å². The molecule has 0 amide bonds. The molecular weight excluding hydrogens is 691 g/mol. The van der Waals surface area contributed by atoms with E-state index in [4.69, 9.17) is 13.7 Å². The molecule has 0 saturated heterocycles. The minimum Gasteiger partial charge on any atom is -0.309 e. The van der Waals surface area contributed by atoms with E-state index in [0.717, 1.165) is 55.0 Å². The summed E-state index contributed by atoms with van der Waals surface area (Å²) < 4.78 is 123.